The van der Waals surface area contributed by atoms with Gasteiger partial charge >= 0.3 is 0 Å². The van der Waals surface area contributed by atoms with Crippen LogP contribution < -0.4 is 10.1 Å². The molecule has 0 saturated heterocycles. The van der Waals surface area contributed by atoms with E-state index in [9.17, 15) is 10.1 Å². The first-order valence-corrected chi connectivity index (χ1v) is 10.4. The van der Waals surface area contributed by atoms with Gasteiger partial charge in [-0.3, -0.25) is 9.48 Å². The first kappa shape index (κ1) is 22.1. The number of hydrogen-bond donors (Lipinski definition) is 1. The Morgan fingerprint density at radius 2 is 1.81 bits per heavy atom. The van der Waals surface area contributed by atoms with E-state index in [1.807, 2.05) is 50.6 Å². The Morgan fingerprint density at radius 1 is 1.13 bits per heavy atom. The molecule has 6 heteroatoms. The molecule has 1 N–H and O–H groups in total. The highest BCUT2D eigenvalue weighted by atomic mass is 16.5. The summed E-state index contributed by atoms with van der Waals surface area (Å²) in [6, 6.07) is 19.2. The van der Waals surface area contributed by atoms with Crippen LogP contribution >= 0.6 is 0 Å². The fourth-order valence-electron chi connectivity index (χ4n) is 3.47. The van der Waals surface area contributed by atoms with Crippen LogP contribution in [-0.2, 0) is 17.9 Å². The summed E-state index contributed by atoms with van der Waals surface area (Å²) < 4.78 is 7.90. The van der Waals surface area contributed by atoms with Gasteiger partial charge in [-0.25, -0.2) is 0 Å². The monoisotopic (exact) mass is 416 g/mol. The summed E-state index contributed by atoms with van der Waals surface area (Å²) in [6.45, 7) is 8.88. The second-order valence-electron chi connectivity index (χ2n) is 7.90. The van der Waals surface area contributed by atoms with E-state index in [4.69, 9.17) is 4.74 Å². The molecular formula is C25H28N4O2. The number of nitriles is 1. The highest BCUT2D eigenvalue weighted by Gasteiger charge is 2.25. The molecule has 1 unspecified atom stereocenters. The number of carbonyl (C=O) groups is 1. The van der Waals surface area contributed by atoms with E-state index in [1.54, 1.807) is 24.3 Å². The Bertz CT molecular complexity index is 1080. The van der Waals surface area contributed by atoms with E-state index in [1.165, 1.54) is 5.56 Å². The van der Waals surface area contributed by atoms with Gasteiger partial charge in [0.15, 0.2) is 6.10 Å². The molecule has 31 heavy (non-hydrogen) atoms. The molecule has 0 spiro atoms. The number of benzene rings is 2. The van der Waals surface area contributed by atoms with Crippen molar-refractivity contribution < 1.29 is 9.53 Å². The molecule has 6 nitrogen and oxygen atoms in total. The van der Waals surface area contributed by atoms with Crippen molar-refractivity contribution in [2.75, 3.05) is 0 Å². The molecule has 0 aliphatic carbocycles. The van der Waals surface area contributed by atoms with Gasteiger partial charge in [0.2, 0.25) is 0 Å². The van der Waals surface area contributed by atoms with Crippen molar-refractivity contribution in [2.45, 2.75) is 46.9 Å². The molecule has 0 fully saturated rings. The Hall–Kier alpha value is -3.59. The van der Waals surface area contributed by atoms with Crippen LogP contribution in [0.1, 0.15) is 41.9 Å². The van der Waals surface area contributed by atoms with E-state index in [0.717, 1.165) is 17.0 Å². The van der Waals surface area contributed by atoms with Gasteiger partial charge in [0.1, 0.15) is 11.8 Å². The summed E-state index contributed by atoms with van der Waals surface area (Å²) >= 11 is 0. The predicted molar refractivity (Wildman–Crippen MR) is 120 cm³/mol. The summed E-state index contributed by atoms with van der Waals surface area (Å²) in [7, 11) is 0. The van der Waals surface area contributed by atoms with Crippen molar-refractivity contribution in [3.05, 3.63) is 82.7 Å². The highest BCUT2D eigenvalue weighted by molar-refractivity contribution is 5.81. The summed E-state index contributed by atoms with van der Waals surface area (Å²) in [5.41, 5.74) is 4.51. The van der Waals surface area contributed by atoms with Gasteiger partial charge in [-0.05, 0) is 37.5 Å². The molecule has 3 rings (SSSR count). The molecule has 1 amide bonds. The second-order valence-corrected chi connectivity index (χ2v) is 7.90. The van der Waals surface area contributed by atoms with Crippen LogP contribution in [0, 0.1) is 31.1 Å². The number of rotatable bonds is 8. The van der Waals surface area contributed by atoms with Gasteiger partial charge in [0.05, 0.1) is 17.8 Å². The molecule has 0 aliphatic rings. The fourth-order valence-corrected chi connectivity index (χ4v) is 3.47. The third-order valence-corrected chi connectivity index (χ3v) is 5.27. The van der Waals surface area contributed by atoms with Gasteiger partial charge in [-0.2, -0.15) is 10.4 Å². The maximum Gasteiger partial charge on any atom is 0.261 e. The van der Waals surface area contributed by atoms with Crippen molar-refractivity contribution in [1.82, 2.24) is 15.1 Å². The average molecular weight is 417 g/mol. The Kier molecular flexibility index (Phi) is 7.09. The molecule has 0 radical (unpaired) electrons. The van der Waals surface area contributed by atoms with Gasteiger partial charge in [-0.15, -0.1) is 0 Å². The van der Waals surface area contributed by atoms with Crippen molar-refractivity contribution >= 4 is 5.91 Å². The highest BCUT2D eigenvalue weighted by Crippen LogP contribution is 2.21. The fraction of sp³-hybridized carbons (Fsp3) is 0.320. The molecule has 3 aromatic rings. The summed E-state index contributed by atoms with van der Waals surface area (Å²) in [5.74, 6) is 0.147. The lowest BCUT2D eigenvalue weighted by atomic mass is 10.1. The SMILES string of the molecule is Cc1nn(Cc2ccccc2)c(C)c1CNC(=O)C(Oc1ccccc1C#N)C(C)C. The molecule has 0 aliphatic heterocycles. The van der Waals surface area contributed by atoms with Gasteiger partial charge < -0.3 is 10.1 Å². The lowest BCUT2D eigenvalue weighted by Gasteiger charge is -2.22. The Labute approximate surface area is 183 Å². The standard InChI is InChI=1S/C25H28N4O2/c1-17(2)24(31-23-13-9-8-12-21(23)14-26)25(30)27-15-22-18(3)28-29(19(22)4)16-20-10-6-5-7-11-20/h5-13,17,24H,15-16H2,1-4H3,(H,27,30). The third-order valence-electron chi connectivity index (χ3n) is 5.27. The number of aromatic nitrogens is 2. The minimum Gasteiger partial charge on any atom is -0.479 e. The number of ether oxygens (including phenoxy) is 1. The van der Waals surface area contributed by atoms with E-state index in [-0.39, 0.29) is 11.8 Å². The predicted octanol–water partition coefficient (Wildman–Crippen LogP) is 4.14. The van der Waals surface area contributed by atoms with Crippen LogP contribution in [0.15, 0.2) is 54.6 Å². The van der Waals surface area contributed by atoms with Gasteiger partial charge in [-0.1, -0.05) is 56.3 Å². The van der Waals surface area contributed by atoms with Crippen molar-refractivity contribution in [3.63, 3.8) is 0 Å². The van der Waals surface area contributed by atoms with Crippen LogP contribution in [-0.4, -0.2) is 21.8 Å². The minimum absolute atomic E-state index is 0.0604. The van der Waals surface area contributed by atoms with Crippen molar-refractivity contribution in [3.8, 4) is 11.8 Å². The Balaban J connectivity index is 1.70. The number of nitrogens with one attached hydrogen (secondary N) is 1. The second kappa shape index (κ2) is 9.94. The maximum atomic E-state index is 12.9. The zero-order valence-corrected chi connectivity index (χ0v) is 18.4. The van der Waals surface area contributed by atoms with Crippen LogP contribution in [0.2, 0.25) is 0 Å². The van der Waals surface area contributed by atoms with Crippen molar-refractivity contribution in [1.29, 1.82) is 5.26 Å². The number of para-hydroxylation sites is 1. The number of aryl methyl sites for hydroxylation is 1. The largest absolute Gasteiger partial charge is 0.479 e. The average Bonchev–Trinajstić information content (AvgIpc) is 3.03. The van der Waals surface area contributed by atoms with Crippen molar-refractivity contribution in [2.24, 2.45) is 5.92 Å². The molecule has 0 saturated carbocycles. The van der Waals surface area contributed by atoms with E-state index >= 15 is 0 Å². The smallest absolute Gasteiger partial charge is 0.261 e. The van der Waals surface area contributed by atoms with Crippen LogP contribution in [0.4, 0.5) is 0 Å². The quantitative estimate of drug-likeness (QED) is 0.598. The molecule has 160 valence electrons. The van der Waals surface area contributed by atoms with Gasteiger partial charge in [0.25, 0.3) is 5.91 Å². The number of hydrogen-bond acceptors (Lipinski definition) is 4. The zero-order chi connectivity index (χ0) is 22.4. The topological polar surface area (TPSA) is 79.9 Å². The molecule has 1 aromatic heterocycles. The first-order valence-electron chi connectivity index (χ1n) is 10.4. The van der Waals surface area contributed by atoms with Gasteiger partial charge in [0, 0.05) is 17.8 Å². The molecule has 0 bridgehead atoms. The summed E-state index contributed by atoms with van der Waals surface area (Å²) in [6.07, 6.45) is -0.700. The van der Waals surface area contributed by atoms with E-state index in [2.05, 4.69) is 28.6 Å². The van der Waals surface area contributed by atoms with E-state index < -0.39 is 6.10 Å². The van der Waals surface area contributed by atoms with Crippen LogP contribution in [0.3, 0.4) is 0 Å². The number of carbonyl (C=O) groups excluding carboxylic acids is 1. The van der Waals surface area contributed by atoms with E-state index in [0.29, 0.717) is 24.4 Å². The summed E-state index contributed by atoms with van der Waals surface area (Å²) in [5, 5.41) is 16.9. The Morgan fingerprint density at radius 3 is 2.48 bits per heavy atom. The normalized spacial score (nSPS) is 11.7. The molecule has 1 atom stereocenters. The molecular weight excluding hydrogens is 388 g/mol. The van der Waals surface area contributed by atoms with Crippen LogP contribution in [0.25, 0.3) is 0 Å². The maximum absolute atomic E-state index is 12.9. The number of nitrogens with zero attached hydrogens (tertiary/aromatic N) is 3. The molecule has 1 heterocycles. The summed E-state index contributed by atoms with van der Waals surface area (Å²) in [4.78, 5) is 12.9. The molecule has 2 aromatic carbocycles. The lowest BCUT2D eigenvalue weighted by molar-refractivity contribution is -0.130. The zero-order valence-electron chi connectivity index (χ0n) is 18.4. The van der Waals surface area contributed by atoms with Crippen LogP contribution in [0.5, 0.6) is 5.75 Å². The number of amides is 1. The minimum atomic E-state index is -0.700. The third kappa shape index (κ3) is 5.32. The lowest BCUT2D eigenvalue weighted by Crippen LogP contribution is -2.41. The first-order chi connectivity index (χ1) is 14.9.